The van der Waals surface area contributed by atoms with Crippen LogP contribution in [0.15, 0.2) is 0 Å². The third-order valence-corrected chi connectivity index (χ3v) is 10.3. The van der Waals surface area contributed by atoms with Gasteiger partial charge < -0.3 is 0 Å². The molecule has 0 aliphatic heterocycles. The summed E-state index contributed by atoms with van der Waals surface area (Å²) in [6.45, 7) is 5.92. The van der Waals surface area contributed by atoms with E-state index in [1.165, 1.54) is 56.7 Å². The zero-order valence-electron chi connectivity index (χ0n) is 10.2. The van der Waals surface area contributed by atoms with Crippen molar-refractivity contribution in [3.8, 4) is 0 Å². The first-order valence-corrected chi connectivity index (χ1v) is 11.2. The Hall–Kier alpha value is 0.697. The Morgan fingerprint density at radius 2 is 1.00 bits per heavy atom. The van der Waals surface area contributed by atoms with Gasteiger partial charge in [0.15, 0.2) is 0 Å². The summed E-state index contributed by atoms with van der Waals surface area (Å²) in [7, 11) is 0. The molecule has 0 rings (SSSR count). The predicted molar refractivity (Wildman–Crippen MR) is 73.8 cm³/mol. The first kappa shape index (κ1) is 14.7. The van der Waals surface area contributed by atoms with Crippen molar-refractivity contribution in [1.82, 2.24) is 0 Å². The molecule has 0 atom stereocenters. The van der Waals surface area contributed by atoms with E-state index < -0.39 is 6.69 Å². The highest BCUT2D eigenvalue weighted by molar-refractivity contribution is 9.26. The molecule has 14 heavy (non-hydrogen) atoms. The molecular weight excluding hydrogens is 252 g/mol. The summed E-state index contributed by atoms with van der Waals surface area (Å²) in [4.78, 5) is 0. The molecule has 0 radical (unpaired) electrons. The number of hydrogen-bond acceptors (Lipinski definition) is 0. The van der Waals surface area contributed by atoms with Crippen LogP contribution in [0.5, 0.6) is 0 Å². The predicted octanol–water partition coefficient (Wildman–Crippen LogP) is 5.73. The lowest BCUT2D eigenvalue weighted by Crippen LogP contribution is -2.25. The number of hydrogen-bond donors (Lipinski definition) is 0. The van der Waals surface area contributed by atoms with E-state index in [4.69, 9.17) is 0 Å². The largest absolute Gasteiger partial charge is 0.130 e. The van der Waals surface area contributed by atoms with Gasteiger partial charge in [0.25, 0.3) is 0 Å². The minimum absolute atomic E-state index is 1.000. The van der Waals surface area contributed by atoms with Gasteiger partial charge in [0.2, 0.25) is 0 Å². The second kappa shape index (κ2) is 8.96. The highest BCUT2D eigenvalue weighted by Crippen LogP contribution is 2.33. The van der Waals surface area contributed by atoms with Crippen LogP contribution in [0.2, 0.25) is 18.1 Å². The van der Waals surface area contributed by atoms with Gasteiger partial charge in [0.05, 0.1) is 0 Å². The highest BCUT2D eigenvalue weighted by atomic mass is 79.9. The molecule has 0 aromatic rings. The van der Waals surface area contributed by atoms with Gasteiger partial charge in [0, 0.05) is 0 Å². The van der Waals surface area contributed by atoms with Gasteiger partial charge in [-0.05, 0) is 18.1 Å². The summed E-state index contributed by atoms with van der Waals surface area (Å²) in [5, 5.41) is 0. The average molecular weight is 279 g/mol. The quantitative estimate of drug-likeness (QED) is 0.373. The molecule has 0 amide bonds. The van der Waals surface area contributed by atoms with Crippen molar-refractivity contribution in [2.75, 3.05) is 0 Å². The third kappa shape index (κ3) is 7.05. The standard InChI is InChI=1S/C12H27BrSi/c1-4-7-10-14(13,11-8-5-2)12-9-6-3/h4-12H2,1-3H3. The average Bonchev–Trinajstić information content (AvgIpc) is 2.21. The molecular formula is C12H27BrSi. The monoisotopic (exact) mass is 278 g/mol. The minimum Gasteiger partial charge on any atom is -0.126 e. The van der Waals surface area contributed by atoms with Crippen molar-refractivity contribution in [2.24, 2.45) is 0 Å². The molecule has 0 aromatic carbocycles. The Bertz CT molecular complexity index is 104. The fraction of sp³-hybridized carbons (Fsp3) is 1.00. The van der Waals surface area contributed by atoms with E-state index in [0.717, 1.165) is 0 Å². The van der Waals surface area contributed by atoms with Gasteiger partial charge >= 0.3 is 0 Å². The highest BCUT2D eigenvalue weighted by Gasteiger charge is 2.27. The Kier molecular flexibility index (Phi) is 9.41. The maximum atomic E-state index is 4.13. The second-order valence-electron chi connectivity index (χ2n) is 4.46. The van der Waals surface area contributed by atoms with E-state index in [-0.39, 0.29) is 0 Å². The molecule has 0 unspecified atom stereocenters. The lowest BCUT2D eigenvalue weighted by atomic mass is 10.4. The van der Waals surface area contributed by atoms with Crippen molar-refractivity contribution >= 4 is 22.0 Å². The number of unbranched alkanes of at least 4 members (excludes halogenated alkanes) is 3. The van der Waals surface area contributed by atoms with E-state index in [2.05, 4.69) is 36.1 Å². The molecule has 0 saturated carbocycles. The molecule has 0 aliphatic carbocycles. The van der Waals surface area contributed by atoms with E-state index in [1.54, 1.807) is 0 Å². The molecule has 0 N–H and O–H groups in total. The van der Waals surface area contributed by atoms with Gasteiger partial charge in [-0.25, -0.2) is 0 Å². The lowest BCUT2D eigenvalue weighted by Gasteiger charge is -2.24. The smallest absolute Gasteiger partial charge is 0.126 e. The van der Waals surface area contributed by atoms with E-state index in [0.29, 0.717) is 0 Å². The van der Waals surface area contributed by atoms with Crippen LogP contribution in [0.3, 0.4) is 0 Å². The zero-order chi connectivity index (χ0) is 10.9. The van der Waals surface area contributed by atoms with Crippen molar-refractivity contribution in [2.45, 2.75) is 77.4 Å². The molecule has 2 heteroatoms. The summed E-state index contributed by atoms with van der Waals surface area (Å²) in [5.74, 6) is 0. The Morgan fingerprint density at radius 3 is 1.21 bits per heavy atom. The molecule has 0 aromatic heterocycles. The van der Waals surface area contributed by atoms with Gasteiger partial charge in [-0.1, -0.05) is 59.3 Å². The van der Waals surface area contributed by atoms with Crippen molar-refractivity contribution in [3.05, 3.63) is 0 Å². The first-order valence-electron chi connectivity index (χ1n) is 6.37. The van der Waals surface area contributed by atoms with Crippen molar-refractivity contribution in [3.63, 3.8) is 0 Å². The van der Waals surface area contributed by atoms with Crippen LogP contribution in [0.1, 0.15) is 59.3 Å². The summed E-state index contributed by atoms with van der Waals surface area (Å²) < 4.78 is 0. The summed E-state index contributed by atoms with van der Waals surface area (Å²) in [6, 6.07) is 4.51. The van der Waals surface area contributed by atoms with Gasteiger partial charge in [0.1, 0.15) is 6.69 Å². The Morgan fingerprint density at radius 1 is 0.714 bits per heavy atom. The van der Waals surface area contributed by atoms with Crippen molar-refractivity contribution < 1.29 is 0 Å². The lowest BCUT2D eigenvalue weighted by molar-refractivity contribution is 0.808. The van der Waals surface area contributed by atoms with Crippen LogP contribution in [-0.4, -0.2) is 6.69 Å². The number of halogens is 1. The van der Waals surface area contributed by atoms with Gasteiger partial charge in [-0.3, -0.25) is 0 Å². The molecule has 0 spiro atoms. The van der Waals surface area contributed by atoms with Crippen LogP contribution in [0, 0.1) is 0 Å². The summed E-state index contributed by atoms with van der Waals surface area (Å²) >= 11 is 4.13. The molecule has 0 nitrogen and oxygen atoms in total. The summed E-state index contributed by atoms with van der Waals surface area (Å²) in [5.41, 5.74) is 0. The molecule has 0 bridgehead atoms. The molecule has 0 aliphatic rings. The molecule has 0 saturated heterocycles. The molecule has 0 heterocycles. The summed E-state index contributed by atoms with van der Waals surface area (Å²) in [6.07, 6.45) is 8.39. The first-order chi connectivity index (χ1) is 6.68. The maximum absolute atomic E-state index is 4.13. The third-order valence-electron chi connectivity index (χ3n) is 2.94. The van der Waals surface area contributed by atoms with Crippen LogP contribution >= 0.6 is 15.3 Å². The second-order valence-corrected chi connectivity index (χ2v) is 13.3. The molecule has 0 fully saturated rings. The molecule has 86 valence electrons. The van der Waals surface area contributed by atoms with Crippen LogP contribution < -0.4 is 0 Å². The zero-order valence-corrected chi connectivity index (χ0v) is 12.8. The Labute approximate surface area is 99.5 Å². The number of rotatable bonds is 9. The van der Waals surface area contributed by atoms with E-state index >= 15 is 0 Å². The fourth-order valence-corrected chi connectivity index (χ4v) is 8.09. The van der Waals surface area contributed by atoms with Gasteiger partial charge in [-0.2, -0.15) is 0 Å². The Balaban J connectivity index is 3.89. The minimum atomic E-state index is -1.000. The normalized spacial score (nSPS) is 12.0. The van der Waals surface area contributed by atoms with E-state index in [9.17, 15) is 0 Å². The SMILES string of the molecule is CCCC[Si](Br)(CCCC)CCCC. The van der Waals surface area contributed by atoms with Gasteiger partial charge in [-0.15, -0.1) is 15.3 Å². The van der Waals surface area contributed by atoms with E-state index in [1.807, 2.05) is 0 Å². The fourth-order valence-electron chi connectivity index (χ4n) is 1.86. The van der Waals surface area contributed by atoms with Crippen LogP contribution in [0.25, 0.3) is 0 Å². The van der Waals surface area contributed by atoms with Crippen LogP contribution in [0.4, 0.5) is 0 Å². The van der Waals surface area contributed by atoms with Crippen molar-refractivity contribution in [1.29, 1.82) is 0 Å². The maximum Gasteiger partial charge on any atom is 0.130 e. The topological polar surface area (TPSA) is 0 Å². The van der Waals surface area contributed by atoms with Crippen LogP contribution in [-0.2, 0) is 0 Å².